The van der Waals surface area contributed by atoms with Crippen molar-refractivity contribution in [3.63, 3.8) is 0 Å². The van der Waals surface area contributed by atoms with Crippen LogP contribution in [-0.4, -0.2) is 46.3 Å². The summed E-state index contributed by atoms with van der Waals surface area (Å²) in [5.41, 5.74) is -0.671. The number of rotatable bonds is 14. The maximum atomic E-state index is 13.7. The minimum absolute atomic E-state index is 0.0131. The van der Waals surface area contributed by atoms with Crippen LogP contribution < -0.4 is 0 Å². The van der Waals surface area contributed by atoms with Crippen LogP contribution in [0, 0.1) is 18.3 Å². The van der Waals surface area contributed by atoms with Crippen LogP contribution >= 0.6 is 0 Å². The third-order valence-corrected chi connectivity index (χ3v) is 7.38. The van der Waals surface area contributed by atoms with Gasteiger partial charge in [0.15, 0.2) is 5.78 Å². The van der Waals surface area contributed by atoms with Gasteiger partial charge in [0.1, 0.15) is 5.69 Å². The van der Waals surface area contributed by atoms with Gasteiger partial charge in [-0.05, 0) is 86.6 Å². The van der Waals surface area contributed by atoms with E-state index < -0.39 is 11.6 Å². The van der Waals surface area contributed by atoms with E-state index in [0.717, 1.165) is 19.3 Å². The zero-order chi connectivity index (χ0) is 28.7. The lowest BCUT2D eigenvalue weighted by Crippen LogP contribution is -2.44. The van der Waals surface area contributed by atoms with E-state index in [1.807, 2.05) is 34.6 Å². The minimum Gasteiger partial charge on any atom is -0.375 e. The van der Waals surface area contributed by atoms with Crippen molar-refractivity contribution in [1.82, 2.24) is 9.97 Å². The molecule has 0 radical (unpaired) electrons. The molecular formula is C30H47F3N2O3. The molecule has 2 atom stereocenters. The van der Waals surface area contributed by atoms with Crippen LogP contribution in [0.4, 0.5) is 13.2 Å². The summed E-state index contributed by atoms with van der Waals surface area (Å²) in [6.07, 6.45) is 3.08. The van der Waals surface area contributed by atoms with Gasteiger partial charge in [0, 0.05) is 12.3 Å². The van der Waals surface area contributed by atoms with E-state index in [4.69, 9.17) is 9.47 Å². The van der Waals surface area contributed by atoms with Gasteiger partial charge in [0.2, 0.25) is 0 Å². The molecule has 1 heterocycles. The zero-order valence-corrected chi connectivity index (χ0v) is 24.5. The lowest BCUT2D eigenvalue weighted by molar-refractivity contribution is -0.233. The third kappa shape index (κ3) is 8.87. The van der Waals surface area contributed by atoms with Gasteiger partial charge < -0.3 is 9.47 Å². The summed E-state index contributed by atoms with van der Waals surface area (Å²) < 4.78 is 53.3. The molecule has 216 valence electrons. The molecule has 1 fully saturated rings. The van der Waals surface area contributed by atoms with E-state index in [-0.39, 0.29) is 53.6 Å². The molecule has 0 N–H and O–H groups in total. The van der Waals surface area contributed by atoms with E-state index in [2.05, 4.69) is 16.9 Å². The molecule has 0 saturated heterocycles. The number of carbonyl (C=O) groups is 1. The molecule has 5 nitrogen and oxygen atoms in total. The van der Waals surface area contributed by atoms with Crippen molar-refractivity contribution in [2.45, 2.75) is 131 Å². The predicted octanol–water partition coefficient (Wildman–Crippen LogP) is 8.30. The Morgan fingerprint density at radius 1 is 1.18 bits per heavy atom. The molecule has 0 aromatic carbocycles. The number of hydrogen-bond donors (Lipinski definition) is 0. The van der Waals surface area contributed by atoms with Gasteiger partial charge in [0.05, 0.1) is 47.4 Å². The van der Waals surface area contributed by atoms with Gasteiger partial charge in [-0.15, -0.1) is 0 Å². The number of Topliss-reactive ketones (excluding diaryl/α,β-unsaturated/α-hetero) is 1. The molecule has 8 heteroatoms. The van der Waals surface area contributed by atoms with E-state index in [0.29, 0.717) is 37.3 Å². The van der Waals surface area contributed by atoms with Crippen molar-refractivity contribution in [2.75, 3.05) is 6.61 Å². The van der Waals surface area contributed by atoms with Gasteiger partial charge in [-0.2, -0.15) is 13.2 Å². The number of ketones is 1. The Bertz CT molecular complexity index is 947. The first kappa shape index (κ1) is 32.4. The summed E-state index contributed by atoms with van der Waals surface area (Å²) in [4.78, 5) is 21.6. The molecule has 1 aliphatic carbocycles. The van der Waals surface area contributed by atoms with Gasteiger partial charge >= 0.3 is 6.18 Å². The smallest absolute Gasteiger partial charge is 0.375 e. The van der Waals surface area contributed by atoms with Crippen molar-refractivity contribution < 1.29 is 27.4 Å². The highest BCUT2D eigenvalue weighted by molar-refractivity contribution is 5.94. The highest BCUT2D eigenvalue weighted by Crippen LogP contribution is 2.57. The Balaban J connectivity index is 2.05. The number of aryl methyl sites for hydroxylation is 1. The van der Waals surface area contributed by atoms with E-state index >= 15 is 0 Å². The Morgan fingerprint density at radius 3 is 2.32 bits per heavy atom. The summed E-state index contributed by atoms with van der Waals surface area (Å²) in [6, 6.07) is 0. The van der Waals surface area contributed by atoms with E-state index in [9.17, 15) is 18.0 Å². The number of nitrogens with zero attached hydrogens (tertiary/aromatic N) is 2. The van der Waals surface area contributed by atoms with Crippen LogP contribution in [0.3, 0.4) is 0 Å². The molecule has 0 amide bonds. The number of hydrogen-bond acceptors (Lipinski definition) is 5. The topological polar surface area (TPSA) is 61.3 Å². The standard InChI is InChI=1S/C30H47F3N2O3/c1-9-12-23(19-37-28(6,7)8)27(38-20(2)3)14-10-13-26(36)25-18-34-24(22(5)35-25)17-21(4)29(15-11-16-29)30(31,32)33/h17-18,20,23,27H,9-16,19H2,1-8H3/b21-17+. The van der Waals surface area contributed by atoms with Crippen LogP contribution in [-0.2, 0) is 9.47 Å². The minimum atomic E-state index is -4.28. The van der Waals surface area contributed by atoms with Gasteiger partial charge in [0.25, 0.3) is 0 Å². The summed E-state index contributed by atoms with van der Waals surface area (Å²) in [7, 11) is 0. The quantitative estimate of drug-likeness (QED) is 0.222. The van der Waals surface area contributed by atoms with Crippen LogP contribution in [0.15, 0.2) is 11.8 Å². The molecule has 0 spiro atoms. The van der Waals surface area contributed by atoms with Crippen molar-refractivity contribution in [3.05, 3.63) is 28.9 Å². The lowest BCUT2D eigenvalue weighted by Gasteiger charge is -2.44. The zero-order valence-electron chi connectivity index (χ0n) is 24.5. The molecule has 0 bridgehead atoms. The Morgan fingerprint density at radius 2 is 1.84 bits per heavy atom. The monoisotopic (exact) mass is 540 g/mol. The molecular weight excluding hydrogens is 493 g/mol. The number of allylic oxidation sites excluding steroid dienone is 1. The Labute approximate surface area is 227 Å². The molecule has 2 unspecified atom stereocenters. The first-order valence-corrected chi connectivity index (χ1v) is 14.0. The largest absolute Gasteiger partial charge is 0.398 e. The van der Waals surface area contributed by atoms with Crippen molar-refractivity contribution in [1.29, 1.82) is 0 Å². The molecule has 2 rings (SSSR count). The fourth-order valence-corrected chi connectivity index (χ4v) is 5.00. The molecule has 1 aromatic heterocycles. The summed E-state index contributed by atoms with van der Waals surface area (Å²) in [6.45, 7) is 16.1. The van der Waals surface area contributed by atoms with Gasteiger partial charge in [-0.1, -0.05) is 25.3 Å². The second-order valence-corrected chi connectivity index (χ2v) is 12.0. The van der Waals surface area contributed by atoms with Crippen LogP contribution in [0.1, 0.15) is 122 Å². The fourth-order valence-electron chi connectivity index (χ4n) is 5.00. The number of carbonyl (C=O) groups excluding carboxylic acids is 1. The van der Waals surface area contributed by atoms with Crippen LogP contribution in [0.2, 0.25) is 0 Å². The summed E-state index contributed by atoms with van der Waals surface area (Å²) in [5.74, 6) is 0.114. The number of alkyl halides is 3. The third-order valence-electron chi connectivity index (χ3n) is 7.38. The fraction of sp³-hybridized carbons (Fsp3) is 0.767. The van der Waals surface area contributed by atoms with Gasteiger partial charge in [-0.25, -0.2) is 4.98 Å². The maximum Gasteiger partial charge on any atom is 0.398 e. The molecule has 38 heavy (non-hydrogen) atoms. The first-order chi connectivity index (χ1) is 17.6. The average molecular weight is 541 g/mol. The average Bonchev–Trinajstić information content (AvgIpc) is 2.74. The predicted molar refractivity (Wildman–Crippen MR) is 145 cm³/mol. The molecule has 0 aliphatic heterocycles. The summed E-state index contributed by atoms with van der Waals surface area (Å²) in [5, 5.41) is 0. The highest BCUT2D eigenvalue weighted by Gasteiger charge is 2.59. The van der Waals surface area contributed by atoms with Crippen LogP contribution in [0.25, 0.3) is 6.08 Å². The molecule has 1 saturated carbocycles. The highest BCUT2D eigenvalue weighted by atomic mass is 19.4. The number of ether oxygens (including phenoxy) is 2. The first-order valence-electron chi connectivity index (χ1n) is 14.0. The Hall–Kier alpha value is -1.80. The van der Waals surface area contributed by atoms with Gasteiger partial charge in [-0.3, -0.25) is 9.78 Å². The van der Waals surface area contributed by atoms with Crippen molar-refractivity contribution in [2.24, 2.45) is 11.3 Å². The maximum absolute atomic E-state index is 13.7. The van der Waals surface area contributed by atoms with E-state index in [1.165, 1.54) is 19.2 Å². The molecule has 1 aliphatic rings. The second kappa shape index (κ2) is 13.5. The number of aromatic nitrogens is 2. The normalized spacial score (nSPS) is 17.8. The molecule has 1 aromatic rings. The van der Waals surface area contributed by atoms with Crippen molar-refractivity contribution in [3.8, 4) is 0 Å². The van der Waals surface area contributed by atoms with Crippen LogP contribution in [0.5, 0.6) is 0 Å². The van der Waals surface area contributed by atoms with E-state index in [1.54, 1.807) is 6.92 Å². The number of halogens is 3. The van der Waals surface area contributed by atoms with Crippen molar-refractivity contribution >= 4 is 11.9 Å². The lowest BCUT2D eigenvalue weighted by atomic mass is 9.63. The SMILES string of the molecule is CCCC(COC(C)(C)C)C(CCCC(=O)c1cnc(/C=C(\C)C2(C(F)(F)F)CCC2)c(C)n1)OC(C)C. The summed E-state index contributed by atoms with van der Waals surface area (Å²) >= 11 is 0. The second-order valence-electron chi connectivity index (χ2n) is 12.0. The Kier molecular flexibility index (Phi) is 11.5.